The van der Waals surface area contributed by atoms with Crippen molar-refractivity contribution in [1.82, 2.24) is 0 Å². The zero-order valence-electron chi connectivity index (χ0n) is 8.85. The van der Waals surface area contributed by atoms with E-state index in [-0.39, 0.29) is 12.2 Å². The Bertz CT molecular complexity index is 327. The van der Waals surface area contributed by atoms with Crippen LogP contribution < -0.4 is 4.74 Å². The summed E-state index contributed by atoms with van der Waals surface area (Å²) in [7, 11) is 0. The van der Waals surface area contributed by atoms with Crippen LogP contribution in [0.1, 0.15) is 19.8 Å². The lowest BCUT2D eigenvalue weighted by molar-refractivity contribution is 0.0404. The average molecular weight is 224 g/mol. The van der Waals surface area contributed by atoms with Gasteiger partial charge in [-0.3, -0.25) is 0 Å². The second kappa shape index (κ2) is 4.90. The van der Waals surface area contributed by atoms with Crippen molar-refractivity contribution in [3.05, 3.63) is 24.3 Å². The molecule has 0 aliphatic carbocycles. The highest BCUT2D eigenvalue weighted by Gasteiger charge is 2.25. The Kier molecular flexibility index (Phi) is 3.54. The zero-order valence-corrected chi connectivity index (χ0v) is 9.67. The second-order valence-electron chi connectivity index (χ2n) is 3.77. The van der Waals surface area contributed by atoms with E-state index in [1.54, 1.807) is 11.8 Å². The van der Waals surface area contributed by atoms with Gasteiger partial charge in [0.1, 0.15) is 11.9 Å². The third-order valence-electron chi connectivity index (χ3n) is 2.54. The molecule has 0 spiro atoms. The smallest absolute Gasteiger partial charge is 0.134 e. The molecule has 1 N–H and O–H groups in total. The maximum atomic E-state index is 9.86. The van der Waals surface area contributed by atoms with E-state index in [4.69, 9.17) is 4.74 Å². The van der Waals surface area contributed by atoms with Gasteiger partial charge < -0.3 is 9.84 Å². The Labute approximate surface area is 94.6 Å². The van der Waals surface area contributed by atoms with Gasteiger partial charge in [-0.25, -0.2) is 0 Å². The number of rotatable bonds is 3. The van der Waals surface area contributed by atoms with Crippen LogP contribution in [-0.2, 0) is 0 Å². The zero-order chi connectivity index (χ0) is 10.7. The van der Waals surface area contributed by atoms with Crippen LogP contribution in [0.3, 0.4) is 0 Å². The molecule has 82 valence electrons. The molecule has 0 aromatic heterocycles. The molecule has 1 heterocycles. The molecular formula is C12H16O2S. The highest BCUT2D eigenvalue weighted by Crippen LogP contribution is 2.36. The minimum Gasteiger partial charge on any atom is -0.486 e. The van der Waals surface area contributed by atoms with Crippen molar-refractivity contribution in [3.8, 4) is 5.75 Å². The van der Waals surface area contributed by atoms with Gasteiger partial charge in [0.25, 0.3) is 0 Å². The van der Waals surface area contributed by atoms with E-state index in [0.717, 1.165) is 24.3 Å². The first kappa shape index (κ1) is 10.8. The van der Waals surface area contributed by atoms with E-state index in [1.807, 2.05) is 18.2 Å². The van der Waals surface area contributed by atoms with Gasteiger partial charge in [-0.05, 0) is 18.6 Å². The number of para-hydroxylation sites is 1. The lowest BCUT2D eigenvalue weighted by atomic mass is 10.1. The maximum Gasteiger partial charge on any atom is 0.134 e. The van der Waals surface area contributed by atoms with Crippen LogP contribution in [0.5, 0.6) is 5.75 Å². The Morgan fingerprint density at radius 1 is 1.53 bits per heavy atom. The van der Waals surface area contributed by atoms with E-state index < -0.39 is 0 Å². The molecule has 2 rings (SSSR count). The van der Waals surface area contributed by atoms with Crippen LogP contribution in [0.25, 0.3) is 0 Å². The van der Waals surface area contributed by atoms with Gasteiger partial charge in [0, 0.05) is 10.6 Å². The third-order valence-corrected chi connectivity index (χ3v) is 3.69. The first-order valence-electron chi connectivity index (χ1n) is 5.38. The predicted molar refractivity (Wildman–Crippen MR) is 62.5 cm³/mol. The van der Waals surface area contributed by atoms with Crippen LogP contribution in [0.2, 0.25) is 0 Å². The highest BCUT2D eigenvalue weighted by molar-refractivity contribution is 7.99. The number of fused-ring (bicyclic) bond motifs is 1. The molecular weight excluding hydrogens is 208 g/mol. The summed E-state index contributed by atoms with van der Waals surface area (Å²) < 4.78 is 5.78. The Morgan fingerprint density at radius 2 is 2.33 bits per heavy atom. The summed E-state index contributed by atoms with van der Waals surface area (Å²) in [5.41, 5.74) is 0. The molecule has 0 bridgehead atoms. The monoisotopic (exact) mass is 224 g/mol. The van der Waals surface area contributed by atoms with E-state index in [9.17, 15) is 5.11 Å². The first-order chi connectivity index (χ1) is 7.31. The summed E-state index contributed by atoms with van der Waals surface area (Å²) in [6, 6.07) is 8.00. The van der Waals surface area contributed by atoms with Crippen LogP contribution in [0.15, 0.2) is 29.2 Å². The normalized spacial score (nSPS) is 21.6. The van der Waals surface area contributed by atoms with Gasteiger partial charge in [-0.2, -0.15) is 0 Å². The molecule has 3 heteroatoms. The van der Waals surface area contributed by atoms with Gasteiger partial charge in [-0.1, -0.05) is 25.5 Å². The van der Waals surface area contributed by atoms with Gasteiger partial charge in [0.15, 0.2) is 0 Å². The summed E-state index contributed by atoms with van der Waals surface area (Å²) >= 11 is 1.77. The largest absolute Gasteiger partial charge is 0.486 e. The summed E-state index contributed by atoms with van der Waals surface area (Å²) in [6.07, 6.45) is 1.42. The molecule has 2 atom stereocenters. The molecule has 1 aliphatic heterocycles. The van der Waals surface area contributed by atoms with Crippen molar-refractivity contribution >= 4 is 11.8 Å². The van der Waals surface area contributed by atoms with E-state index >= 15 is 0 Å². The molecule has 1 aromatic carbocycles. The number of ether oxygens (including phenoxy) is 1. The molecule has 1 aliphatic rings. The topological polar surface area (TPSA) is 29.5 Å². The molecule has 1 aromatic rings. The molecule has 0 fully saturated rings. The lowest BCUT2D eigenvalue weighted by Gasteiger charge is -2.28. The third kappa shape index (κ3) is 2.47. The van der Waals surface area contributed by atoms with Gasteiger partial charge in [0.05, 0.1) is 6.10 Å². The molecule has 2 unspecified atom stereocenters. The fourth-order valence-electron chi connectivity index (χ4n) is 1.71. The summed E-state index contributed by atoms with van der Waals surface area (Å²) in [5.74, 6) is 1.76. The van der Waals surface area contributed by atoms with Crippen molar-refractivity contribution < 1.29 is 9.84 Å². The summed E-state index contributed by atoms with van der Waals surface area (Å²) in [4.78, 5) is 1.18. The van der Waals surface area contributed by atoms with Crippen LogP contribution in [0.4, 0.5) is 0 Å². The number of hydrogen-bond acceptors (Lipinski definition) is 3. The molecule has 15 heavy (non-hydrogen) atoms. The fourth-order valence-corrected chi connectivity index (χ4v) is 2.77. The lowest BCUT2D eigenvalue weighted by Crippen LogP contribution is -2.35. The summed E-state index contributed by atoms with van der Waals surface area (Å²) in [6.45, 7) is 2.08. The predicted octanol–water partition coefficient (Wildman–Crippen LogP) is 2.70. The van der Waals surface area contributed by atoms with Crippen LogP contribution >= 0.6 is 11.8 Å². The standard InChI is InChI=1S/C12H16O2S/c1-2-5-9(13)11-8-15-12-7-4-3-6-10(12)14-11/h3-4,6-7,9,11,13H,2,5,8H2,1H3. The van der Waals surface area contributed by atoms with Crippen LogP contribution in [-0.4, -0.2) is 23.1 Å². The van der Waals surface area contributed by atoms with E-state index in [1.165, 1.54) is 4.90 Å². The SMILES string of the molecule is CCCC(O)C1CSc2ccccc2O1. The Hall–Kier alpha value is -0.670. The van der Waals surface area contributed by atoms with Crippen molar-refractivity contribution in [2.45, 2.75) is 36.9 Å². The number of aliphatic hydroxyl groups is 1. The first-order valence-corrected chi connectivity index (χ1v) is 6.36. The minimum absolute atomic E-state index is 0.0511. The molecule has 0 radical (unpaired) electrons. The quantitative estimate of drug-likeness (QED) is 0.856. The van der Waals surface area contributed by atoms with Crippen molar-refractivity contribution in [2.24, 2.45) is 0 Å². The number of hydrogen-bond donors (Lipinski definition) is 1. The molecule has 2 nitrogen and oxygen atoms in total. The van der Waals surface area contributed by atoms with Gasteiger partial charge in [0.2, 0.25) is 0 Å². The Morgan fingerprint density at radius 3 is 3.13 bits per heavy atom. The Balaban J connectivity index is 2.05. The summed E-state index contributed by atoms with van der Waals surface area (Å²) in [5, 5.41) is 9.86. The molecule has 0 saturated heterocycles. The average Bonchev–Trinajstić information content (AvgIpc) is 2.29. The number of thioether (sulfide) groups is 1. The van der Waals surface area contributed by atoms with E-state index in [0.29, 0.717) is 0 Å². The van der Waals surface area contributed by atoms with E-state index in [2.05, 4.69) is 13.0 Å². The number of aliphatic hydroxyl groups excluding tert-OH is 1. The van der Waals surface area contributed by atoms with Gasteiger partial charge >= 0.3 is 0 Å². The minimum atomic E-state index is -0.337. The van der Waals surface area contributed by atoms with Crippen molar-refractivity contribution in [1.29, 1.82) is 0 Å². The molecule has 0 amide bonds. The number of benzene rings is 1. The second-order valence-corrected chi connectivity index (χ2v) is 4.83. The highest BCUT2D eigenvalue weighted by atomic mass is 32.2. The van der Waals surface area contributed by atoms with Crippen LogP contribution in [0, 0.1) is 0 Å². The van der Waals surface area contributed by atoms with Crippen molar-refractivity contribution in [2.75, 3.05) is 5.75 Å². The fraction of sp³-hybridized carbons (Fsp3) is 0.500. The maximum absolute atomic E-state index is 9.86. The van der Waals surface area contributed by atoms with Crippen molar-refractivity contribution in [3.63, 3.8) is 0 Å². The van der Waals surface area contributed by atoms with Gasteiger partial charge in [-0.15, -0.1) is 11.8 Å². The molecule has 0 saturated carbocycles.